The number of hydrogen-bond donors (Lipinski definition) is 1. The molecule has 0 aliphatic carbocycles. The fourth-order valence-electron chi connectivity index (χ4n) is 2.77. The molecule has 0 radical (unpaired) electrons. The molecular weight excluding hydrogens is 360 g/mol. The van der Waals surface area contributed by atoms with Crippen molar-refractivity contribution in [3.63, 3.8) is 0 Å². The second-order valence-electron chi connectivity index (χ2n) is 6.39. The SMILES string of the molecule is C=C(C)CCOc1ccc2c(=O)c(O)c(-c3ccc(OC)c(OC)c3)oc2c1. The molecule has 146 valence electrons. The molecule has 0 atom stereocenters. The summed E-state index contributed by atoms with van der Waals surface area (Å²) < 4.78 is 22.0. The van der Waals surface area contributed by atoms with Crippen LogP contribution in [0.5, 0.6) is 23.0 Å². The van der Waals surface area contributed by atoms with E-state index in [2.05, 4.69) is 6.58 Å². The maximum atomic E-state index is 12.6. The third-order valence-corrected chi connectivity index (χ3v) is 4.28. The van der Waals surface area contributed by atoms with Gasteiger partial charge in [0, 0.05) is 18.1 Å². The zero-order chi connectivity index (χ0) is 20.3. The Balaban J connectivity index is 2.06. The standard InChI is InChI=1S/C22H22O6/c1-13(2)9-10-27-15-6-7-16-18(12-15)28-22(21(24)20(16)23)14-5-8-17(25-3)19(11-14)26-4/h5-8,11-12,24H,1,9-10H2,2-4H3. The quantitative estimate of drug-likeness (QED) is 0.605. The molecule has 2 aromatic carbocycles. The molecule has 0 amide bonds. The van der Waals surface area contributed by atoms with Crippen LogP contribution in [-0.2, 0) is 0 Å². The van der Waals surface area contributed by atoms with Crippen molar-refractivity contribution in [1.82, 2.24) is 0 Å². The predicted octanol–water partition coefficient (Wildman–Crippen LogP) is 4.53. The molecule has 0 saturated heterocycles. The Kier molecular flexibility index (Phi) is 5.59. The molecule has 1 aromatic heterocycles. The van der Waals surface area contributed by atoms with Crippen LogP contribution in [0.15, 0.2) is 57.8 Å². The minimum atomic E-state index is -0.514. The number of ether oxygens (including phenoxy) is 3. The van der Waals surface area contributed by atoms with E-state index in [1.165, 1.54) is 14.2 Å². The maximum absolute atomic E-state index is 12.6. The van der Waals surface area contributed by atoms with Gasteiger partial charge in [-0.25, -0.2) is 0 Å². The summed E-state index contributed by atoms with van der Waals surface area (Å²) in [5.74, 6) is 1.15. The van der Waals surface area contributed by atoms with Crippen molar-refractivity contribution < 1.29 is 23.7 Å². The molecule has 0 aliphatic heterocycles. The van der Waals surface area contributed by atoms with Gasteiger partial charge in [-0.15, -0.1) is 6.58 Å². The van der Waals surface area contributed by atoms with Gasteiger partial charge in [-0.3, -0.25) is 4.79 Å². The Morgan fingerprint density at radius 1 is 1.11 bits per heavy atom. The lowest BCUT2D eigenvalue weighted by Gasteiger charge is -2.11. The van der Waals surface area contributed by atoms with Gasteiger partial charge >= 0.3 is 0 Å². The minimum Gasteiger partial charge on any atom is -0.502 e. The van der Waals surface area contributed by atoms with Crippen molar-refractivity contribution in [2.75, 3.05) is 20.8 Å². The number of hydrogen-bond acceptors (Lipinski definition) is 6. The van der Waals surface area contributed by atoms with Crippen molar-refractivity contribution in [2.24, 2.45) is 0 Å². The van der Waals surface area contributed by atoms with Gasteiger partial charge in [0.2, 0.25) is 11.2 Å². The highest BCUT2D eigenvalue weighted by molar-refractivity contribution is 5.83. The van der Waals surface area contributed by atoms with E-state index >= 15 is 0 Å². The normalized spacial score (nSPS) is 10.7. The van der Waals surface area contributed by atoms with Gasteiger partial charge in [-0.2, -0.15) is 0 Å². The zero-order valence-electron chi connectivity index (χ0n) is 16.1. The third-order valence-electron chi connectivity index (χ3n) is 4.28. The first-order valence-corrected chi connectivity index (χ1v) is 8.74. The van der Waals surface area contributed by atoms with Crippen LogP contribution in [0, 0.1) is 0 Å². The van der Waals surface area contributed by atoms with Gasteiger partial charge in [0.25, 0.3) is 0 Å². The van der Waals surface area contributed by atoms with Gasteiger partial charge < -0.3 is 23.7 Å². The average molecular weight is 382 g/mol. The molecule has 0 unspecified atom stereocenters. The first kappa shape index (κ1) is 19.4. The smallest absolute Gasteiger partial charge is 0.235 e. The summed E-state index contributed by atoms with van der Waals surface area (Å²) in [6.07, 6.45) is 0.731. The van der Waals surface area contributed by atoms with Crippen LogP contribution in [0.25, 0.3) is 22.3 Å². The summed E-state index contributed by atoms with van der Waals surface area (Å²) in [7, 11) is 3.03. The molecular formula is C22H22O6. The number of fused-ring (bicyclic) bond motifs is 1. The molecule has 6 nitrogen and oxygen atoms in total. The number of aromatic hydroxyl groups is 1. The van der Waals surface area contributed by atoms with Crippen LogP contribution in [0.1, 0.15) is 13.3 Å². The zero-order valence-corrected chi connectivity index (χ0v) is 16.1. The Morgan fingerprint density at radius 2 is 1.86 bits per heavy atom. The van der Waals surface area contributed by atoms with Crippen molar-refractivity contribution in [2.45, 2.75) is 13.3 Å². The average Bonchev–Trinajstić information content (AvgIpc) is 2.69. The third kappa shape index (κ3) is 3.81. The number of methoxy groups -OCH3 is 2. The van der Waals surface area contributed by atoms with Crippen molar-refractivity contribution in [3.8, 4) is 34.3 Å². The van der Waals surface area contributed by atoms with E-state index in [0.717, 1.165) is 12.0 Å². The van der Waals surface area contributed by atoms with Crippen LogP contribution in [0.2, 0.25) is 0 Å². The fraction of sp³-hybridized carbons (Fsp3) is 0.227. The summed E-state index contributed by atoms with van der Waals surface area (Å²) in [4.78, 5) is 12.6. The van der Waals surface area contributed by atoms with Crippen LogP contribution >= 0.6 is 0 Å². The number of rotatable bonds is 7. The molecule has 28 heavy (non-hydrogen) atoms. The largest absolute Gasteiger partial charge is 0.502 e. The van der Waals surface area contributed by atoms with Crippen LogP contribution in [0.4, 0.5) is 0 Å². The molecule has 0 aliphatic rings. The lowest BCUT2D eigenvalue weighted by molar-refractivity contribution is 0.321. The molecule has 3 rings (SSSR count). The van der Waals surface area contributed by atoms with E-state index in [1.807, 2.05) is 6.92 Å². The Morgan fingerprint density at radius 3 is 2.54 bits per heavy atom. The molecule has 3 aromatic rings. The Bertz CT molecular complexity index is 1080. The maximum Gasteiger partial charge on any atom is 0.235 e. The summed E-state index contributed by atoms with van der Waals surface area (Å²) in [6, 6.07) is 9.88. The topological polar surface area (TPSA) is 78.1 Å². The molecule has 0 bridgehead atoms. The van der Waals surface area contributed by atoms with E-state index < -0.39 is 11.2 Å². The van der Waals surface area contributed by atoms with E-state index in [-0.39, 0.29) is 11.1 Å². The lowest BCUT2D eigenvalue weighted by Crippen LogP contribution is -2.03. The Labute approximate surface area is 162 Å². The summed E-state index contributed by atoms with van der Waals surface area (Å²) in [5, 5.41) is 10.7. The highest BCUT2D eigenvalue weighted by Crippen LogP contribution is 2.36. The van der Waals surface area contributed by atoms with Gasteiger partial charge in [-0.05, 0) is 37.3 Å². The highest BCUT2D eigenvalue weighted by atomic mass is 16.5. The van der Waals surface area contributed by atoms with Crippen molar-refractivity contribution >= 4 is 11.0 Å². The second kappa shape index (κ2) is 8.08. The summed E-state index contributed by atoms with van der Waals surface area (Å²) in [6.45, 7) is 6.25. The van der Waals surface area contributed by atoms with Crippen LogP contribution < -0.4 is 19.6 Å². The van der Waals surface area contributed by atoms with Crippen molar-refractivity contribution in [3.05, 3.63) is 58.8 Å². The van der Waals surface area contributed by atoms with E-state index in [4.69, 9.17) is 18.6 Å². The molecule has 0 saturated carbocycles. The van der Waals surface area contributed by atoms with E-state index in [9.17, 15) is 9.90 Å². The molecule has 1 N–H and O–H groups in total. The first-order chi connectivity index (χ1) is 13.4. The lowest BCUT2D eigenvalue weighted by atomic mass is 10.1. The van der Waals surface area contributed by atoms with E-state index in [0.29, 0.717) is 35.0 Å². The van der Waals surface area contributed by atoms with Crippen LogP contribution in [-0.4, -0.2) is 25.9 Å². The highest BCUT2D eigenvalue weighted by Gasteiger charge is 2.17. The fourth-order valence-corrected chi connectivity index (χ4v) is 2.77. The van der Waals surface area contributed by atoms with Gasteiger partial charge in [-0.1, -0.05) is 5.57 Å². The van der Waals surface area contributed by atoms with Gasteiger partial charge in [0.15, 0.2) is 17.3 Å². The molecule has 0 fully saturated rings. The summed E-state index contributed by atoms with van der Waals surface area (Å²) in [5.41, 5.74) is 1.32. The van der Waals surface area contributed by atoms with Gasteiger partial charge in [0.1, 0.15) is 11.3 Å². The number of benzene rings is 2. The minimum absolute atomic E-state index is 0.0533. The summed E-state index contributed by atoms with van der Waals surface area (Å²) >= 11 is 0. The predicted molar refractivity (Wildman–Crippen MR) is 108 cm³/mol. The van der Waals surface area contributed by atoms with Gasteiger partial charge in [0.05, 0.1) is 26.2 Å². The first-order valence-electron chi connectivity index (χ1n) is 8.74. The second-order valence-corrected chi connectivity index (χ2v) is 6.39. The van der Waals surface area contributed by atoms with Crippen LogP contribution in [0.3, 0.4) is 0 Å². The van der Waals surface area contributed by atoms with E-state index in [1.54, 1.807) is 36.4 Å². The Hall–Kier alpha value is -3.41. The monoisotopic (exact) mass is 382 g/mol. The molecule has 0 spiro atoms. The molecule has 1 heterocycles. The van der Waals surface area contributed by atoms with Crippen molar-refractivity contribution in [1.29, 1.82) is 0 Å². The molecule has 6 heteroatoms.